The molecular weight excluding hydrogens is 252 g/mol. The minimum absolute atomic E-state index is 0.164. The van der Waals surface area contributed by atoms with Crippen molar-refractivity contribution in [2.24, 2.45) is 0 Å². The third kappa shape index (κ3) is 2.62. The molecule has 18 heavy (non-hydrogen) atoms. The molecule has 0 N–H and O–H groups in total. The van der Waals surface area contributed by atoms with Gasteiger partial charge in [-0.3, -0.25) is 0 Å². The maximum atomic E-state index is 11.6. The molecular formula is C11H12N4O2S. The summed E-state index contributed by atoms with van der Waals surface area (Å²) in [7, 11) is 0. The Morgan fingerprint density at radius 3 is 3.17 bits per heavy atom. The van der Waals surface area contributed by atoms with E-state index in [-0.39, 0.29) is 12.3 Å². The molecule has 0 aliphatic heterocycles. The van der Waals surface area contributed by atoms with Crippen LogP contribution in [0.5, 0.6) is 0 Å². The summed E-state index contributed by atoms with van der Waals surface area (Å²) in [5.74, 6) is -0.489. The highest BCUT2D eigenvalue weighted by Crippen LogP contribution is 2.09. The smallest absolute Gasteiger partial charge is 0.361 e. The molecule has 0 aliphatic carbocycles. The number of ether oxygens (including phenoxy) is 1. The molecule has 0 atom stereocenters. The van der Waals surface area contributed by atoms with Crippen LogP contribution in [0.15, 0.2) is 23.5 Å². The molecule has 7 heteroatoms. The molecule has 6 nitrogen and oxygen atoms in total. The molecule has 0 saturated carbocycles. The van der Waals surface area contributed by atoms with Crippen LogP contribution in [0.3, 0.4) is 0 Å². The van der Waals surface area contributed by atoms with Crippen molar-refractivity contribution in [3.63, 3.8) is 0 Å². The van der Waals surface area contributed by atoms with Crippen molar-refractivity contribution < 1.29 is 9.53 Å². The fraction of sp³-hybridized carbons (Fsp3) is 0.273. The van der Waals surface area contributed by atoms with E-state index < -0.39 is 5.97 Å². The summed E-state index contributed by atoms with van der Waals surface area (Å²) in [4.78, 5) is 15.8. The first kappa shape index (κ1) is 12.4. The van der Waals surface area contributed by atoms with Crippen molar-refractivity contribution in [1.82, 2.24) is 20.0 Å². The predicted octanol–water partition coefficient (Wildman–Crippen LogP) is 1.43. The Kier molecular flexibility index (Phi) is 3.83. The normalized spacial score (nSPS) is 10.3. The quantitative estimate of drug-likeness (QED) is 0.603. The molecule has 2 rings (SSSR count). The number of hydrogen-bond acceptors (Lipinski definition) is 6. The topological polar surface area (TPSA) is 69.9 Å². The number of aromatic nitrogens is 4. The Bertz CT molecular complexity index is 547. The average Bonchev–Trinajstić information content (AvgIpc) is 2.98. The van der Waals surface area contributed by atoms with Gasteiger partial charge in [0.1, 0.15) is 6.61 Å². The second kappa shape index (κ2) is 5.54. The van der Waals surface area contributed by atoms with Crippen LogP contribution in [0.25, 0.3) is 0 Å². The van der Waals surface area contributed by atoms with Gasteiger partial charge in [-0.05, 0) is 6.92 Å². The maximum Gasteiger partial charge on any atom is 0.361 e. The standard InChI is InChI=1S/C11H12N4O2S/c1-3-4-17-11(16)10-8(2)15(14-13-10)5-9-6-18-7-12-9/h3,6-7H,1,4-5H2,2H3. The van der Waals surface area contributed by atoms with Crippen molar-refractivity contribution in [1.29, 1.82) is 0 Å². The number of carbonyl (C=O) groups excluding carboxylic acids is 1. The fourth-order valence-corrected chi connectivity index (χ4v) is 1.92. The molecule has 2 aromatic rings. The van der Waals surface area contributed by atoms with E-state index in [9.17, 15) is 4.79 Å². The Morgan fingerprint density at radius 1 is 1.67 bits per heavy atom. The Hall–Kier alpha value is -2.02. The van der Waals surface area contributed by atoms with E-state index in [2.05, 4.69) is 21.9 Å². The van der Waals surface area contributed by atoms with Crippen LogP contribution < -0.4 is 0 Å². The SMILES string of the molecule is C=CCOC(=O)c1nnn(Cc2cscn2)c1C. The van der Waals surface area contributed by atoms with Gasteiger partial charge in [0.05, 0.1) is 23.4 Å². The summed E-state index contributed by atoms with van der Waals surface area (Å²) in [6.45, 7) is 5.91. The van der Waals surface area contributed by atoms with E-state index in [1.165, 1.54) is 17.4 Å². The van der Waals surface area contributed by atoms with Crippen LogP contribution in [-0.2, 0) is 11.3 Å². The van der Waals surface area contributed by atoms with E-state index in [1.54, 1.807) is 17.1 Å². The molecule has 0 fully saturated rings. The van der Waals surface area contributed by atoms with Gasteiger partial charge in [-0.25, -0.2) is 14.5 Å². The lowest BCUT2D eigenvalue weighted by atomic mass is 10.3. The largest absolute Gasteiger partial charge is 0.457 e. The summed E-state index contributed by atoms with van der Waals surface area (Å²) in [6, 6.07) is 0. The molecule has 0 amide bonds. The molecule has 2 heterocycles. The molecule has 0 spiro atoms. The number of rotatable bonds is 5. The van der Waals surface area contributed by atoms with Gasteiger partial charge in [-0.1, -0.05) is 17.9 Å². The van der Waals surface area contributed by atoms with Gasteiger partial charge in [-0.15, -0.1) is 16.4 Å². The fourth-order valence-electron chi connectivity index (χ4n) is 1.37. The van der Waals surface area contributed by atoms with E-state index in [0.29, 0.717) is 12.2 Å². The highest BCUT2D eigenvalue weighted by Gasteiger charge is 2.17. The van der Waals surface area contributed by atoms with Gasteiger partial charge in [0, 0.05) is 5.38 Å². The molecule has 0 aromatic carbocycles. The van der Waals surface area contributed by atoms with Gasteiger partial charge in [0.25, 0.3) is 0 Å². The summed E-state index contributed by atoms with van der Waals surface area (Å²) in [6.07, 6.45) is 1.51. The average molecular weight is 264 g/mol. The van der Waals surface area contributed by atoms with E-state index >= 15 is 0 Å². The predicted molar refractivity (Wildman–Crippen MR) is 66.5 cm³/mol. The van der Waals surface area contributed by atoms with Crippen LogP contribution in [0.2, 0.25) is 0 Å². The van der Waals surface area contributed by atoms with Crippen molar-refractivity contribution in [2.45, 2.75) is 13.5 Å². The van der Waals surface area contributed by atoms with Crippen LogP contribution in [-0.4, -0.2) is 32.6 Å². The molecule has 2 aromatic heterocycles. The van der Waals surface area contributed by atoms with Gasteiger partial charge in [-0.2, -0.15) is 0 Å². The van der Waals surface area contributed by atoms with Crippen molar-refractivity contribution in [2.75, 3.05) is 6.61 Å². The zero-order valence-electron chi connectivity index (χ0n) is 9.87. The molecule has 0 aliphatic rings. The first-order valence-corrected chi connectivity index (χ1v) is 6.22. The lowest BCUT2D eigenvalue weighted by molar-refractivity contribution is 0.0542. The highest BCUT2D eigenvalue weighted by molar-refractivity contribution is 7.07. The third-order valence-electron chi connectivity index (χ3n) is 2.30. The lowest BCUT2D eigenvalue weighted by Gasteiger charge is -2.01. The second-order valence-corrected chi connectivity index (χ2v) is 4.27. The zero-order chi connectivity index (χ0) is 13.0. The van der Waals surface area contributed by atoms with Crippen LogP contribution in [0.4, 0.5) is 0 Å². The lowest BCUT2D eigenvalue weighted by Crippen LogP contribution is -2.09. The summed E-state index contributed by atoms with van der Waals surface area (Å²) >= 11 is 1.51. The van der Waals surface area contributed by atoms with Crippen molar-refractivity contribution in [3.8, 4) is 0 Å². The van der Waals surface area contributed by atoms with Gasteiger partial charge < -0.3 is 4.74 Å². The zero-order valence-corrected chi connectivity index (χ0v) is 10.7. The van der Waals surface area contributed by atoms with Crippen molar-refractivity contribution >= 4 is 17.3 Å². The summed E-state index contributed by atoms with van der Waals surface area (Å²) in [5.41, 5.74) is 3.53. The third-order valence-corrected chi connectivity index (χ3v) is 2.94. The summed E-state index contributed by atoms with van der Waals surface area (Å²) in [5, 5.41) is 9.68. The molecule has 0 bridgehead atoms. The molecule has 0 saturated heterocycles. The maximum absolute atomic E-state index is 11.6. The number of carbonyl (C=O) groups is 1. The van der Waals surface area contributed by atoms with Gasteiger partial charge in [0.15, 0.2) is 5.69 Å². The number of esters is 1. The monoisotopic (exact) mass is 264 g/mol. The number of nitrogens with zero attached hydrogens (tertiary/aromatic N) is 4. The Morgan fingerprint density at radius 2 is 2.50 bits per heavy atom. The second-order valence-electron chi connectivity index (χ2n) is 3.55. The molecule has 0 radical (unpaired) electrons. The van der Waals surface area contributed by atoms with Crippen molar-refractivity contribution in [3.05, 3.63) is 40.6 Å². The summed E-state index contributed by atoms with van der Waals surface area (Å²) < 4.78 is 6.54. The molecule has 94 valence electrons. The van der Waals surface area contributed by atoms with E-state index in [4.69, 9.17) is 4.74 Å². The van der Waals surface area contributed by atoms with Crippen LogP contribution >= 0.6 is 11.3 Å². The Labute approximate surface area is 108 Å². The van der Waals surface area contributed by atoms with Gasteiger partial charge in [0.2, 0.25) is 0 Å². The first-order valence-electron chi connectivity index (χ1n) is 5.27. The van der Waals surface area contributed by atoms with E-state index in [1.807, 2.05) is 5.38 Å². The minimum Gasteiger partial charge on any atom is -0.457 e. The highest BCUT2D eigenvalue weighted by atomic mass is 32.1. The Balaban J connectivity index is 2.13. The number of thiazole rings is 1. The van der Waals surface area contributed by atoms with Crippen LogP contribution in [0.1, 0.15) is 21.9 Å². The number of hydrogen-bond donors (Lipinski definition) is 0. The first-order chi connectivity index (χ1) is 8.72. The van der Waals surface area contributed by atoms with Crippen LogP contribution in [0, 0.1) is 6.92 Å². The minimum atomic E-state index is -0.489. The van der Waals surface area contributed by atoms with E-state index in [0.717, 1.165) is 5.69 Å². The van der Waals surface area contributed by atoms with Gasteiger partial charge >= 0.3 is 5.97 Å². The molecule has 0 unspecified atom stereocenters.